The number of hydrogen-bond acceptors (Lipinski definition) is 4. The molecule has 0 saturated heterocycles. The van der Waals surface area contributed by atoms with Crippen LogP contribution in [0.1, 0.15) is 67.0 Å². The molecule has 1 N–H and O–H groups in total. The van der Waals surface area contributed by atoms with Gasteiger partial charge in [0, 0.05) is 12.2 Å². The topological polar surface area (TPSA) is 66.5 Å². The molecule has 0 bridgehead atoms. The van der Waals surface area contributed by atoms with Gasteiger partial charge in [-0.2, -0.15) is 0 Å². The summed E-state index contributed by atoms with van der Waals surface area (Å²) in [5.74, 6) is -1.30. The second kappa shape index (κ2) is 12.2. The highest BCUT2D eigenvalue weighted by Gasteiger charge is 2.31. The third-order valence-electron chi connectivity index (χ3n) is 6.19. The average Bonchev–Trinajstić information content (AvgIpc) is 2.81. The molecule has 1 atom stereocenters. The lowest BCUT2D eigenvalue weighted by atomic mass is 9.83. The van der Waals surface area contributed by atoms with Gasteiger partial charge in [-0.3, -0.25) is 4.79 Å². The number of amides is 1. The van der Waals surface area contributed by atoms with E-state index < -0.39 is 27.7 Å². The Morgan fingerprint density at radius 2 is 1.49 bits per heavy atom. The molecule has 1 unspecified atom stereocenters. The minimum absolute atomic E-state index is 0.0309. The molecule has 3 aromatic rings. The predicted molar refractivity (Wildman–Crippen MR) is 151 cm³/mol. The molecule has 0 spiro atoms. The number of nitrogens with zero attached hydrogens (tertiary/aromatic N) is 1. The van der Waals surface area contributed by atoms with Crippen molar-refractivity contribution in [3.05, 3.63) is 87.7 Å². The Morgan fingerprint density at radius 3 is 1.95 bits per heavy atom. The third-order valence-corrected chi connectivity index (χ3v) is 7.41. The van der Waals surface area contributed by atoms with E-state index in [1.807, 2.05) is 71.0 Å². The van der Waals surface area contributed by atoms with Crippen molar-refractivity contribution in [1.29, 1.82) is 0 Å². The number of thiol groups is 1. The van der Waals surface area contributed by atoms with Crippen LogP contribution in [-0.4, -0.2) is 33.3 Å². The summed E-state index contributed by atoms with van der Waals surface area (Å²) in [4.78, 5) is 15.5. The van der Waals surface area contributed by atoms with Crippen LogP contribution in [0.3, 0.4) is 0 Å². The minimum Gasteiger partial charge on any atom is -0.325 e. The maximum Gasteiger partial charge on any atom is 0.247 e. The van der Waals surface area contributed by atoms with Crippen LogP contribution in [0.4, 0.5) is 10.1 Å². The highest BCUT2D eigenvalue weighted by molar-refractivity contribution is 7.73. The van der Waals surface area contributed by atoms with E-state index in [-0.39, 0.29) is 16.9 Å². The molecule has 0 aliphatic rings. The van der Waals surface area contributed by atoms with Crippen molar-refractivity contribution < 1.29 is 17.6 Å². The highest BCUT2D eigenvalue weighted by atomic mass is 35.5. The van der Waals surface area contributed by atoms with Gasteiger partial charge in [-0.05, 0) is 83.6 Å². The minimum atomic E-state index is -3.15. The van der Waals surface area contributed by atoms with Crippen LogP contribution in [0.25, 0.3) is 11.1 Å². The van der Waals surface area contributed by atoms with Crippen LogP contribution < -0.4 is 5.32 Å². The molecular weight excluding hydrogens is 511 g/mol. The quantitative estimate of drug-likeness (QED) is 0.293. The summed E-state index contributed by atoms with van der Waals surface area (Å²) < 4.78 is 39.4. The molecule has 0 radical (unpaired) electrons. The molecule has 0 heterocycles. The van der Waals surface area contributed by atoms with Gasteiger partial charge in [0.15, 0.2) is 16.0 Å². The Kier molecular flexibility index (Phi) is 9.51. The predicted octanol–water partition coefficient (Wildman–Crippen LogP) is 6.75. The monoisotopic (exact) mass is 544 g/mol. The number of carbonyl (C=O) groups is 1. The maximum absolute atomic E-state index is 14.2. The fourth-order valence-electron chi connectivity index (χ4n) is 4.41. The Balaban J connectivity index is 2.10. The van der Waals surface area contributed by atoms with Gasteiger partial charge in [0.1, 0.15) is 5.82 Å². The van der Waals surface area contributed by atoms with Gasteiger partial charge in [-0.15, -0.1) is 0 Å². The van der Waals surface area contributed by atoms with Crippen molar-refractivity contribution in [2.45, 2.75) is 51.3 Å². The zero-order chi connectivity index (χ0) is 27.4. The lowest BCUT2D eigenvalue weighted by Crippen LogP contribution is -2.25. The molecule has 3 rings (SSSR count). The molecule has 198 valence electrons. The first kappa shape index (κ1) is 28.8. The third kappa shape index (κ3) is 6.98. The first-order valence-electron chi connectivity index (χ1n) is 12.2. The van der Waals surface area contributed by atoms with Gasteiger partial charge in [0.25, 0.3) is 0 Å². The first-order chi connectivity index (χ1) is 17.4. The Hall–Kier alpha value is -2.74. The molecule has 0 fully saturated rings. The van der Waals surface area contributed by atoms with Crippen LogP contribution in [0.15, 0.2) is 54.6 Å². The smallest absolute Gasteiger partial charge is 0.247 e. The number of hydrogen-bond donors (Lipinski definition) is 2. The van der Waals surface area contributed by atoms with Gasteiger partial charge in [-0.1, -0.05) is 69.6 Å². The lowest BCUT2D eigenvalue weighted by molar-refractivity contribution is -0.115. The van der Waals surface area contributed by atoms with Crippen molar-refractivity contribution in [3.63, 3.8) is 0 Å². The average molecular weight is 545 g/mol. The molecular formula is C29H34ClFN2O3S. The van der Waals surface area contributed by atoms with E-state index in [4.69, 9.17) is 11.6 Å². The summed E-state index contributed by atoms with van der Waals surface area (Å²) >= 11 is 5.88. The number of nitrogens with one attached hydrogen (secondary N) is 1. The Morgan fingerprint density at radius 1 is 0.919 bits per heavy atom. The lowest BCUT2D eigenvalue weighted by Gasteiger charge is -2.25. The molecule has 0 saturated carbocycles. The van der Waals surface area contributed by atoms with Crippen molar-refractivity contribution in [3.8, 4) is 11.1 Å². The molecule has 0 aliphatic carbocycles. The number of carbonyl (C=O) groups excluding carboxylic acids is 1. The second-order valence-electron chi connectivity index (χ2n) is 10.1. The van der Waals surface area contributed by atoms with Crippen LogP contribution in [0.2, 0.25) is 5.02 Å². The molecule has 0 aliphatic heterocycles. The van der Waals surface area contributed by atoms with Crippen molar-refractivity contribution in [1.82, 2.24) is 4.90 Å². The first-order valence-corrected chi connectivity index (χ1v) is 13.8. The summed E-state index contributed by atoms with van der Waals surface area (Å²) in [5, 5.41) is 1.45. The normalized spacial score (nSPS) is 12.5. The molecule has 8 heteroatoms. The highest BCUT2D eigenvalue weighted by Crippen LogP contribution is 2.39. The Labute approximate surface area is 225 Å². The van der Waals surface area contributed by atoms with Gasteiger partial charge >= 0.3 is 0 Å². The van der Waals surface area contributed by atoms with Gasteiger partial charge in [-0.25, -0.2) is 12.8 Å². The SMILES string of the molecule is CC(C)c1cc(-c2ccc(Cl)c(F)c2)cc(C(C)C)c1C(C(=O)Nc1ccc(CN(C)C)cc1)[SH](=O)=O. The Bertz CT molecular complexity index is 1310. The largest absolute Gasteiger partial charge is 0.325 e. The zero-order valence-corrected chi connectivity index (χ0v) is 23.7. The van der Waals surface area contributed by atoms with Crippen LogP contribution in [0.5, 0.6) is 0 Å². The molecule has 3 aromatic carbocycles. The van der Waals surface area contributed by atoms with E-state index in [9.17, 15) is 17.6 Å². The van der Waals surface area contributed by atoms with E-state index in [1.54, 1.807) is 18.2 Å². The van der Waals surface area contributed by atoms with Crippen molar-refractivity contribution >= 4 is 33.9 Å². The van der Waals surface area contributed by atoms with Gasteiger partial charge in [0.05, 0.1) is 5.02 Å². The molecule has 0 aromatic heterocycles. The number of rotatable bonds is 9. The van der Waals surface area contributed by atoms with Crippen LogP contribution >= 0.6 is 11.6 Å². The van der Waals surface area contributed by atoms with Crippen molar-refractivity contribution in [2.24, 2.45) is 0 Å². The van der Waals surface area contributed by atoms with E-state index in [0.29, 0.717) is 16.8 Å². The standard InChI is InChI=1S/C29H34ClFN2O3S/c1-17(2)23-13-21(20-9-12-25(30)26(31)15-20)14-24(18(3)4)27(23)28(37(35)36)29(34)32-22-10-7-19(8-11-22)16-33(5)6/h7-15,17-18,28,37H,16H2,1-6H3,(H,32,34). The molecule has 37 heavy (non-hydrogen) atoms. The van der Waals surface area contributed by atoms with Gasteiger partial charge in [0.2, 0.25) is 5.91 Å². The van der Waals surface area contributed by atoms with E-state index in [0.717, 1.165) is 28.8 Å². The maximum atomic E-state index is 14.2. The molecule has 5 nitrogen and oxygen atoms in total. The summed E-state index contributed by atoms with van der Waals surface area (Å²) in [6.07, 6.45) is 0. The number of benzene rings is 3. The fourth-order valence-corrected chi connectivity index (χ4v) is 5.30. The summed E-state index contributed by atoms with van der Waals surface area (Å²) in [7, 11) is 0.796. The van der Waals surface area contributed by atoms with Crippen LogP contribution in [0, 0.1) is 5.82 Å². The number of halogens is 2. The van der Waals surface area contributed by atoms with E-state index in [1.165, 1.54) is 12.1 Å². The van der Waals surface area contributed by atoms with E-state index >= 15 is 0 Å². The summed E-state index contributed by atoms with van der Waals surface area (Å²) in [6, 6.07) is 15.7. The molecule has 1 amide bonds. The summed E-state index contributed by atoms with van der Waals surface area (Å²) in [5.41, 5.74) is 4.93. The van der Waals surface area contributed by atoms with Gasteiger partial charge < -0.3 is 10.2 Å². The fraction of sp³-hybridized carbons (Fsp3) is 0.345. The van der Waals surface area contributed by atoms with Crippen LogP contribution in [-0.2, 0) is 22.0 Å². The van der Waals surface area contributed by atoms with E-state index in [2.05, 4.69) is 5.32 Å². The number of anilines is 1. The zero-order valence-electron chi connectivity index (χ0n) is 22.0. The van der Waals surface area contributed by atoms with Crippen molar-refractivity contribution in [2.75, 3.05) is 19.4 Å². The summed E-state index contributed by atoms with van der Waals surface area (Å²) in [6.45, 7) is 8.55. The second-order valence-corrected chi connectivity index (χ2v) is 11.6.